The lowest BCUT2D eigenvalue weighted by molar-refractivity contribution is -0.160. The first-order valence-corrected chi connectivity index (χ1v) is 22.1. The van der Waals surface area contributed by atoms with Gasteiger partial charge in [0, 0.05) is 73.8 Å². The third-order valence-corrected chi connectivity index (χ3v) is 13.2. The molecule has 16 heteroatoms. The second kappa shape index (κ2) is 19.0. The van der Waals surface area contributed by atoms with E-state index < -0.39 is 82.7 Å². The number of fused-ring (bicyclic) bond motifs is 2. The smallest absolute Gasteiger partial charge is 0.312 e. The number of carbonyl (C=O) groups excluding carboxylic acids is 3. The maximum atomic E-state index is 14.8. The van der Waals surface area contributed by atoms with Gasteiger partial charge in [0.1, 0.15) is 46.9 Å². The molecule has 16 nitrogen and oxygen atoms in total. The quantitative estimate of drug-likeness (QED) is 0.0933. The molecule has 0 saturated carbocycles. The van der Waals surface area contributed by atoms with E-state index in [1.165, 1.54) is 53.2 Å². The molecule has 4 bridgehead atoms. The number of hydrogen-bond donors (Lipinski definition) is 4. The van der Waals surface area contributed by atoms with Crippen LogP contribution in [-0.2, 0) is 23.8 Å². The molecule has 2 aromatic carbocycles. The van der Waals surface area contributed by atoms with E-state index in [1.54, 1.807) is 58.0 Å². The van der Waals surface area contributed by atoms with Crippen LogP contribution in [0.5, 0.6) is 17.2 Å². The molecule has 0 aromatic heterocycles. The first-order chi connectivity index (χ1) is 30.9. The molecule has 1 fully saturated rings. The second-order valence-corrected chi connectivity index (χ2v) is 17.8. The normalized spacial score (nSPS) is 29.9. The third kappa shape index (κ3) is 9.09. The number of ether oxygens (including phenoxy) is 5. The van der Waals surface area contributed by atoms with Gasteiger partial charge >= 0.3 is 11.8 Å². The van der Waals surface area contributed by atoms with Gasteiger partial charge < -0.3 is 48.7 Å². The number of ketones is 1. The molecule has 1 amide bonds. The third-order valence-electron chi connectivity index (χ3n) is 13.2. The minimum Gasteiger partial charge on any atom is -0.507 e. The summed E-state index contributed by atoms with van der Waals surface area (Å²) in [5, 5.41) is 37.1. The lowest BCUT2D eigenvalue weighted by atomic mass is 9.78. The summed E-state index contributed by atoms with van der Waals surface area (Å²) in [5.41, 5.74) is -0.484. The van der Waals surface area contributed by atoms with Crippen LogP contribution in [0.4, 0.5) is 5.69 Å². The highest BCUT2D eigenvalue weighted by molar-refractivity contribution is 6.22. The molecule has 9 atom stereocenters. The van der Waals surface area contributed by atoms with Crippen LogP contribution in [0.3, 0.4) is 0 Å². The number of hydrogen-bond acceptors (Lipinski definition) is 15. The molecule has 65 heavy (non-hydrogen) atoms. The zero-order valence-corrected chi connectivity index (χ0v) is 38.3. The number of likely N-dealkylation sites (tertiary alicyclic amines) is 1. The van der Waals surface area contributed by atoms with E-state index in [9.17, 15) is 34.5 Å². The van der Waals surface area contributed by atoms with E-state index in [0.29, 0.717) is 17.9 Å². The van der Waals surface area contributed by atoms with E-state index >= 15 is 0 Å². The SMILES string of the molecule is CO[C@H]1/C=C/O[C@@]2(C)Oc3c(C)c(O)c4c(=O)c(c5oc6cc(OCCN7CCCC7)ccc6nc-5c4c3C2=O)NC(=O)/C(C)=C\C=C\[C@H](C)[C@H](O)[C@@H](C)[C@@H](O)[C@@H](C)[C@H](OC(C)=O)[C@@H]1C. The Hall–Kier alpha value is -5.81. The Morgan fingerprint density at radius 1 is 1.00 bits per heavy atom. The van der Waals surface area contributed by atoms with Gasteiger partial charge in [-0.05, 0) is 58.0 Å². The number of aromatic hydroxyl groups is 1. The minimum absolute atomic E-state index is 0.0117. The number of amides is 1. The number of aliphatic hydroxyl groups is 2. The highest BCUT2D eigenvalue weighted by Crippen LogP contribution is 2.50. The van der Waals surface area contributed by atoms with Crippen molar-refractivity contribution in [2.45, 2.75) is 98.4 Å². The Morgan fingerprint density at radius 2 is 1.72 bits per heavy atom. The van der Waals surface area contributed by atoms with Crippen LogP contribution >= 0.6 is 0 Å². The summed E-state index contributed by atoms with van der Waals surface area (Å²) in [6.07, 6.45) is 5.93. The van der Waals surface area contributed by atoms with Crippen LogP contribution in [0.1, 0.15) is 77.2 Å². The van der Waals surface area contributed by atoms with Crippen molar-refractivity contribution in [1.82, 2.24) is 9.88 Å². The first-order valence-electron chi connectivity index (χ1n) is 22.1. The maximum absolute atomic E-state index is 14.8. The number of benzene rings is 3. The standard InChI is InChI=1S/C49H59N3O13/c1-24-13-12-14-25(2)48(59)51-39-43(57)36-35(38-46(39)64-34-23-31(15-16-32(34)50-38)61-22-20-52-18-10-11-19-52)37-45(29(6)42(36)56)65-49(8,47(37)58)62-21-17-33(60-9)26(3)44(63-30(7)53)28(5)41(55)27(4)40(24)54/h12-17,21,23-24,26-28,33,40-41,44,54-56H,10-11,18-20,22H2,1-9H3,(H,51,59)/b13-12+,21-17+,25-14-/t24-,26+,27+,28+,33-,40-,41+,44+,49-/m0/s1. The van der Waals surface area contributed by atoms with E-state index in [2.05, 4.69) is 10.2 Å². The number of aromatic nitrogens is 1. The van der Waals surface area contributed by atoms with Crippen molar-refractivity contribution in [1.29, 1.82) is 0 Å². The van der Waals surface area contributed by atoms with Crippen molar-refractivity contribution in [2.75, 3.05) is 38.7 Å². The van der Waals surface area contributed by atoms with Gasteiger partial charge in [0.15, 0.2) is 11.3 Å². The number of rotatable bonds is 6. The predicted octanol–water partition coefficient (Wildman–Crippen LogP) is 6.42. The van der Waals surface area contributed by atoms with E-state index in [1.807, 2.05) is 0 Å². The maximum Gasteiger partial charge on any atom is 0.312 e. The first kappa shape index (κ1) is 47.2. The fourth-order valence-electron chi connectivity index (χ4n) is 9.17. The molecule has 7 rings (SSSR count). The molecule has 1 saturated heterocycles. The summed E-state index contributed by atoms with van der Waals surface area (Å²) in [4.78, 5) is 63.1. The number of phenols is 1. The van der Waals surface area contributed by atoms with Crippen LogP contribution in [0.15, 0.2) is 63.6 Å². The molecule has 0 spiro atoms. The zero-order chi connectivity index (χ0) is 47.1. The van der Waals surface area contributed by atoms with Crippen LogP contribution in [0, 0.1) is 30.6 Å². The molecular weight excluding hydrogens is 839 g/mol. The zero-order valence-electron chi connectivity index (χ0n) is 38.3. The number of nitrogens with one attached hydrogen (secondary N) is 1. The Labute approximate surface area is 377 Å². The molecule has 0 unspecified atom stereocenters. The number of carbonyl (C=O) groups is 3. The van der Waals surface area contributed by atoms with E-state index in [-0.39, 0.29) is 55.9 Å². The molecule has 0 radical (unpaired) electrons. The molecule has 4 N–H and O–H groups in total. The molecule has 4 heterocycles. The number of esters is 1. The van der Waals surface area contributed by atoms with Crippen LogP contribution < -0.4 is 20.2 Å². The van der Waals surface area contributed by atoms with Gasteiger partial charge in [-0.3, -0.25) is 24.1 Å². The fraction of sp³-hybridized carbons (Fsp3) is 0.490. The van der Waals surface area contributed by atoms with Crippen LogP contribution in [-0.4, -0.2) is 106 Å². The van der Waals surface area contributed by atoms with Crippen LogP contribution in [0.25, 0.3) is 33.3 Å². The molecule has 1 aliphatic carbocycles. The van der Waals surface area contributed by atoms with Crippen molar-refractivity contribution >= 4 is 45.2 Å². The number of phenolic OH excluding ortho intramolecular Hbond substituents is 1. The summed E-state index contributed by atoms with van der Waals surface area (Å²) in [5.74, 6) is -6.72. The minimum atomic E-state index is -2.03. The summed E-state index contributed by atoms with van der Waals surface area (Å²) in [7, 11) is 1.45. The molecule has 2 aromatic rings. The topological polar surface area (TPSA) is 216 Å². The Morgan fingerprint density at radius 3 is 2.42 bits per heavy atom. The van der Waals surface area contributed by atoms with Crippen molar-refractivity contribution < 1.29 is 57.8 Å². The fourth-order valence-corrected chi connectivity index (χ4v) is 9.17. The summed E-state index contributed by atoms with van der Waals surface area (Å²) in [6, 6.07) is 5.06. The van der Waals surface area contributed by atoms with Gasteiger partial charge in [0.25, 0.3) is 11.7 Å². The average Bonchev–Trinajstić information content (AvgIpc) is 3.90. The van der Waals surface area contributed by atoms with Crippen molar-refractivity contribution in [3.8, 4) is 28.7 Å². The largest absolute Gasteiger partial charge is 0.507 e. The lowest BCUT2D eigenvalue weighted by Crippen LogP contribution is -2.46. The summed E-state index contributed by atoms with van der Waals surface area (Å²) < 4.78 is 36.4. The van der Waals surface area contributed by atoms with E-state index in [0.717, 1.165) is 32.5 Å². The number of Topliss-reactive ketones (excluding diaryl/α,β-unsaturated/α-hetero) is 1. The number of anilines is 1. The molecular formula is C49H59N3O13. The second-order valence-electron chi connectivity index (χ2n) is 17.8. The molecule has 4 aliphatic heterocycles. The van der Waals surface area contributed by atoms with Crippen molar-refractivity contribution in [3.05, 3.63) is 75.7 Å². The summed E-state index contributed by atoms with van der Waals surface area (Å²) in [6.45, 7) is 15.9. The van der Waals surface area contributed by atoms with Crippen molar-refractivity contribution in [2.24, 2.45) is 23.7 Å². The lowest BCUT2D eigenvalue weighted by Gasteiger charge is -2.38. The van der Waals surface area contributed by atoms with Crippen LogP contribution in [0.2, 0.25) is 0 Å². The Balaban J connectivity index is 1.39. The van der Waals surface area contributed by atoms with Crippen molar-refractivity contribution in [3.63, 3.8) is 0 Å². The monoisotopic (exact) mass is 897 g/mol. The van der Waals surface area contributed by atoms with Gasteiger partial charge in [0.05, 0.1) is 35.5 Å². The van der Waals surface area contributed by atoms with Gasteiger partial charge in [-0.1, -0.05) is 45.9 Å². The van der Waals surface area contributed by atoms with E-state index in [4.69, 9.17) is 33.1 Å². The predicted molar refractivity (Wildman–Crippen MR) is 242 cm³/mol. The average molecular weight is 898 g/mol. The van der Waals surface area contributed by atoms with Gasteiger partial charge in [0.2, 0.25) is 5.43 Å². The van der Waals surface area contributed by atoms with Gasteiger partial charge in [-0.25, -0.2) is 4.98 Å². The Bertz CT molecular complexity index is 2610. The molecule has 348 valence electrons. The summed E-state index contributed by atoms with van der Waals surface area (Å²) >= 11 is 0. The number of allylic oxidation sites excluding steroid dienone is 2. The Kier molecular flexibility index (Phi) is 13.8. The highest BCUT2D eigenvalue weighted by Gasteiger charge is 2.50. The highest BCUT2D eigenvalue weighted by atomic mass is 16.7. The van der Waals surface area contributed by atoms with Gasteiger partial charge in [-0.15, -0.1) is 0 Å². The number of methoxy groups -OCH3 is 1. The number of aliphatic hydroxyl groups excluding tert-OH is 2. The van der Waals surface area contributed by atoms with Gasteiger partial charge in [-0.2, -0.15) is 0 Å². The molecule has 5 aliphatic rings. The number of nitrogens with zero attached hydrogens (tertiary/aromatic N) is 2.